The highest BCUT2D eigenvalue weighted by atomic mass is 16.1. The van der Waals surface area contributed by atoms with Crippen LogP contribution in [0.1, 0.15) is 96.3 Å². The van der Waals surface area contributed by atoms with Crippen molar-refractivity contribution in [2.24, 2.45) is 28.9 Å². The van der Waals surface area contributed by atoms with Gasteiger partial charge in [0.2, 0.25) is 5.91 Å². The summed E-state index contributed by atoms with van der Waals surface area (Å²) in [5, 5.41) is 0. The van der Waals surface area contributed by atoms with Crippen LogP contribution >= 0.6 is 0 Å². The number of hydrogen-bond acceptors (Lipinski definition) is 1. The lowest BCUT2D eigenvalue weighted by atomic mass is 9.51. The fraction of sp³-hybridized carbons (Fsp3) is 0.950. The van der Waals surface area contributed by atoms with Gasteiger partial charge in [-0.05, 0) is 56.3 Å². The predicted octanol–water partition coefficient (Wildman–Crippen LogP) is 5.20. The average molecular weight is 306 g/mol. The first-order chi connectivity index (χ1) is 10.8. The van der Waals surface area contributed by atoms with Gasteiger partial charge in [0, 0.05) is 0 Å². The van der Waals surface area contributed by atoms with Crippen LogP contribution in [0.2, 0.25) is 0 Å². The normalized spacial score (nSPS) is 26.9. The van der Waals surface area contributed by atoms with Crippen LogP contribution in [-0.2, 0) is 4.79 Å². The molecule has 3 fully saturated rings. The van der Waals surface area contributed by atoms with Gasteiger partial charge >= 0.3 is 0 Å². The van der Waals surface area contributed by atoms with E-state index in [0.717, 1.165) is 0 Å². The molecule has 0 atom stereocenters. The smallest absolute Gasteiger partial charge is 0.224 e. The monoisotopic (exact) mass is 305 g/mol. The number of rotatable bonds is 4. The van der Waals surface area contributed by atoms with Crippen LogP contribution in [0.4, 0.5) is 0 Å². The van der Waals surface area contributed by atoms with Crippen LogP contribution in [-0.4, -0.2) is 5.91 Å². The molecule has 2 nitrogen and oxygen atoms in total. The second-order valence-electron chi connectivity index (χ2n) is 8.30. The Labute approximate surface area is 136 Å². The third kappa shape index (κ3) is 2.95. The minimum atomic E-state index is -0.152. The molecular formula is C20H35NO. The first-order valence-electron chi connectivity index (χ1n) is 10.1. The first-order valence-corrected chi connectivity index (χ1v) is 10.1. The zero-order valence-electron chi connectivity index (χ0n) is 14.3. The van der Waals surface area contributed by atoms with Crippen LogP contribution in [0.15, 0.2) is 0 Å². The molecule has 126 valence electrons. The zero-order chi connectivity index (χ0) is 15.4. The predicted molar refractivity (Wildman–Crippen MR) is 91.4 cm³/mol. The molecule has 0 aromatic rings. The van der Waals surface area contributed by atoms with Crippen LogP contribution in [0.25, 0.3) is 0 Å². The molecule has 0 radical (unpaired) electrons. The van der Waals surface area contributed by atoms with Gasteiger partial charge in [-0.2, -0.15) is 0 Å². The molecule has 0 heterocycles. The summed E-state index contributed by atoms with van der Waals surface area (Å²) in [7, 11) is 0. The largest absolute Gasteiger partial charge is 0.369 e. The highest BCUT2D eigenvalue weighted by molar-refractivity contribution is 5.82. The summed E-state index contributed by atoms with van der Waals surface area (Å²) in [5.74, 6) is 1.85. The van der Waals surface area contributed by atoms with Gasteiger partial charge in [-0.15, -0.1) is 0 Å². The van der Waals surface area contributed by atoms with Crippen molar-refractivity contribution in [1.29, 1.82) is 0 Å². The molecule has 0 aromatic heterocycles. The van der Waals surface area contributed by atoms with E-state index in [-0.39, 0.29) is 11.3 Å². The molecule has 0 aromatic carbocycles. The maximum Gasteiger partial charge on any atom is 0.224 e. The second kappa shape index (κ2) is 7.36. The average Bonchev–Trinajstić information content (AvgIpc) is 2.58. The topological polar surface area (TPSA) is 43.1 Å². The Hall–Kier alpha value is -0.530. The highest BCUT2D eigenvalue weighted by Crippen LogP contribution is 2.56. The summed E-state index contributed by atoms with van der Waals surface area (Å²) in [6.45, 7) is 0. The van der Waals surface area contributed by atoms with Gasteiger partial charge in [0.25, 0.3) is 0 Å². The molecule has 0 unspecified atom stereocenters. The van der Waals surface area contributed by atoms with Gasteiger partial charge in [0.15, 0.2) is 0 Å². The molecule has 0 saturated heterocycles. The van der Waals surface area contributed by atoms with Crippen molar-refractivity contribution in [1.82, 2.24) is 0 Å². The number of carbonyl (C=O) groups excluding carboxylic acids is 1. The molecule has 3 aliphatic carbocycles. The summed E-state index contributed by atoms with van der Waals surface area (Å²) in [6.07, 6.45) is 19.6. The Morgan fingerprint density at radius 2 is 0.864 bits per heavy atom. The molecular weight excluding hydrogens is 270 g/mol. The highest BCUT2D eigenvalue weighted by Gasteiger charge is 2.54. The number of amides is 1. The van der Waals surface area contributed by atoms with Gasteiger partial charge in [0.05, 0.1) is 5.41 Å². The van der Waals surface area contributed by atoms with Crippen molar-refractivity contribution in [3.8, 4) is 0 Å². The third-order valence-corrected chi connectivity index (χ3v) is 7.27. The first kappa shape index (κ1) is 16.3. The lowest BCUT2D eigenvalue weighted by molar-refractivity contribution is -0.146. The summed E-state index contributed by atoms with van der Waals surface area (Å²) < 4.78 is 0. The van der Waals surface area contributed by atoms with E-state index >= 15 is 0 Å². The van der Waals surface area contributed by atoms with E-state index in [1.807, 2.05) is 0 Å². The fourth-order valence-corrected chi connectivity index (χ4v) is 6.34. The van der Waals surface area contributed by atoms with E-state index in [0.29, 0.717) is 17.8 Å². The van der Waals surface area contributed by atoms with E-state index in [1.165, 1.54) is 96.3 Å². The van der Waals surface area contributed by atoms with E-state index in [1.54, 1.807) is 0 Å². The number of carbonyl (C=O) groups is 1. The molecule has 3 rings (SSSR count). The van der Waals surface area contributed by atoms with Crippen molar-refractivity contribution >= 4 is 5.91 Å². The lowest BCUT2D eigenvalue weighted by Gasteiger charge is -2.52. The summed E-state index contributed by atoms with van der Waals surface area (Å²) in [4.78, 5) is 12.9. The standard InChI is InChI=1S/C20H35NO/c21-19(22)20(16-10-4-1-5-11-16,17-12-6-2-7-13-17)18-14-8-3-9-15-18/h16-18H,1-15H2,(H2,21,22). The molecule has 3 saturated carbocycles. The van der Waals surface area contributed by atoms with Crippen LogP contribution in [0.5, 0.6) is 0 Å². The molecule has 2 heteroatoms. The van der Waals surface area contributed by atoms with E-state index in [4.69, 9.17) is 5.73 Å². The van der Waals surface area contributed by atoms with Crippen LogP contribution in [0, 0.1) is 23.2 Å². The fourth-order valence-electron chi connectivity index (χ4n) is 6.34. The second-order valence-corrected chi connectivity index (χ2v) is 8.30. The lowest BCUT2D eigenvalue weighted by Crippen LogP contribution is -2.55. The van der Waals surface area contributed by atoms with E-state index in [9.17, 15) is 4.79 Å². The van der Waals surface area contributed by atoms with Crippen molar-refractivity contribution < 1.29 is 4.79 Å². The van der Waals surface area contributed by atoms with E-state index < -0.39 is 0 Å². The Bertz CT molecular complexity index is 314. The van der Waals surface area contributed by atoms with Gasteiger partial charge in [-0.25, -0.2) is 0 Å². The zero-order valence-corrected chi connectivity index (χ0v) is 14.3. The Balaban J connectivity index is 1.94. The Morgan fingerprint density at radius 3 is 1.09 bits per heavy atom. The summed E-state index contributed by atoms with van der Waals surface area (Å²) in [5.41, 5.74) is 6.07. The van der Waals surface area contributed by atoms with Crippen molar-refractivity contribution in [3.05, 3.63) is 0 Å². The van der Waals surface area contributed by atoms with Crippen LogP contribution in [0.3, 0.4) is 0 Å². The summed E-state index contributed by atoms with van der Waals surface area (Å²) in [6, 6.07) is 0. The van der Waals surface area contributed by atoms with Gasteiger partial charge in [0.1, 0.15) is 0 Å². The molecule has 0 spiro atoms. The third-order valence-electron chi connectivity index (χ3n) is 7.27. The maximum absolute atomic E-state index is 12.9. The van der Waals surface area contributed by atoms with Crippen LogP contribution < -0.4 is 5.73 Å². The van der Waals surface area contributed by atoms with Gasteiger partial charge < -0.3 is 5.73 Å². The Kier molecular flexibility index (Phi) is 5.46. The molecule has 1 amide bonds. The number of hydrogen-bond donors (Lipinski definition) is 1. The minimum Gasteiger partial charge on any atom is -0.369 e. The van der Waals surface area contributed by atoms with Gasteiger partial charge in [-0.1, -0.05) is 57.8 Å². The number of primary amides is 1. The maximum atomic E-state index is 12.9. The van der Waals surface area contributed by atoms with Crippen molar-refractivity contribution in [2.75, 3.05) is 0 Å². The molecule has 0 bridgehead atoms. The number of nitrogens with two attached hydrogens (primary N) is 1. The van der Waals surface area contributed by atoms with Crippen molar-refractivity contribution in [3.63, 3.8) is 0 Å². The molecule has 2 N–H and O–H groups in total. The van der Waals surface area contributed by atoms with Gasteiger partial charge in [-0.3, -0.25) is 4.79 Å². The SMILES string of the molecule is NC(=O)C(C1CCCCC1)(C1CCCCC1)C1CCCCC1. The molecule has 3 aliphatic rings. The van der Waals surface area contributed by atoms with E-state index in [2.05, 4.69) is 0 Å². The Morgan fingerprint density at radius 1 is 0.591 bits per heavy atom. The molecule has 0 aliphatic heterocycles. The molecule has 22 heavy (non-hydrogen) atoms. The summed E-state index contributed by atoms with van der Waals surface area (Å²) >= 11 is 0. The quantitative estimate of drug-likeness (QED) is 0.762. The van der Waals surface area contributed by atoms with Crippen molar-refractivity contribution in [2.45, 2.75) is 96.3 Å². The minimum absolute atomic E-state index is 0.0817.